The Morgan fingerprint density at radius 3 is 2.46 bits per heavy atom. The lowest BCUT2D eigenvalue weighted by molar-refractivity contribution is -1.000. The van der Waals surface area contributed by atoms with Gasteiger partial charge in [-0.15, -0.1) is 0 Å². The quantitative estimate of drug-likeness (QED) is 0.606. The molecule has 0 unspecified atom stereocenters. The fourth-order valence-electron chi connectivity index (χ4n) is 2.63. The van der Waals surface area contributed by atoms with Gasteiger partial charge in [-0.1, -0.05) is 23.2 Å². The fourth-order valence-corrected chi connectivity index (χ4v) is 2.93. The van der Waals surface area contributed by atoms with E-state index in [-0.39, 0.29) is 18.4 Å². The Morgan fingerprint density at radius 1 is 1.17 bits per heavy atom. The zero-order valence-electron chi connectivity index (χ0n) is 14.0. The molecule has 0 bridgehead atoms. The molecule has 1 aliphatic rings. The Morgan fingerprint density at radius 2 is 1.83 bits per heavy atom. The average molecular weight is 375 g/mol. The zero-order chi connectivity index (χ0) is 17.7. The van der Waals surface area contributed by atoms with Crippen molar-refractivity contribution in [3.63, 3.8) is 0 Å². The minimum Gasteiger partial charge on any atom is -0.332 e. The number of anilines is 1. The highest BCUT2D eigenvalue weighted by molar-refractivity contribution is 6.42. The molecule has 1 aliphatic heterocycles. The van der Waals surface area contributed by atoms with E-state index >= 15 is 0 Å². The van der Waals surface area contributed by atoms with Crippen LogP contribution in [0, 0.1) is 0 Å². The second-order valence-electron chi connectivity index (χ2n) is 6.31. The van der Waals surface area contributed by atoms with E-state index in [1.165, 1.54) is 14.7 Å². The van der Waals surface area contributed by atoms with Gasteiger partial charge in [0.1, 0.15) is 26.2 Å². The van der Waals surface area contributed by atoms with E-state index in [0.717, 1.165) is 26.2 Å². The maximum atomic E-state index is 12.3. The number of amides is 2. The van der Waals surface area contributed by atoms with Crippen LogP contribution >= 0.6 is 23.2 Å². The molecule has 1 fully saturated rings. The van der Waals surface area contributed by atoms with E-state index in [4.69, 9.17) is 23.2 Å². The molecule has 6 nitrogen and oxygen atoms in total. The topological polar surface area (TPSA) is 58.3 Å². The Bertz CT molecular complexity index is 604. The first-order valence-corrected chi connectivity index (χ1v) is 8.74. The summed E-state index contributed by atoms with van der Waals surface area (Å²) in [5, 5.41) is 3.52. The van der Waals surface area contributed by atoms with Gasteiger partial charge in [0.05, 0.1) is 23.6 Å². The second-order valence-corrected chi connectivity index (χ2v) is 7.13. The predicted molar refractivity (Wildman–Crippen MR) is 94.9 cm³/mol. The minimum atomic E-state index is -0.262. The van der Waals surface area contributed by atoms with Crippen molar-refractivity contribution in [2.75, 3.05) is 58.7 Å². The zero-order valence-corrected chi connectivity index (χ0v) is 15.5. The van der Waals surface area contributed by atoms with Crippen LogP contribution in [-0.4, -0.2) is 70.1 Å². The normalized spacial score (nSPS) is 20.5. The first-order chi connectivity index (χ1) is 11.3. The van der Waals surface area contributed by atoms with E-state index < -0.39 is 0 Å². The molecule has 1 aromatic rings. The minimum absolute atomic E-state index is 0.0114. The number of piperazine rings is 1. The second kappa shape index (κ2) is 8.67. The fraction of sp³-hybridized carbons (Fsp3) is 0.500. The standard InChI is InChI=1S/C16H22Cl2N4O2/c1-20-5-7-22(8-6-20)11-16(24)21(2)10-15(23)19-12-3-4-13(17)14(18)9-12/h3-4,9H,5-8,10-11H2,1-2H3,(H,19,23)/p+2. The number of nitrogens with one attached hydrogen (secondary N) is 3. The molecule has 0 saturated carbocycles. The third-order valence-electron chi connectivity index (χ3n) is 4.22. The molecule has 1 aromatic carbocycles. The van der Waals surface area contributed by atoms with Crippen LogP contribution in [0.15, 0.2) is 18.2 Å². The van der Waals surface area contributed by atoms with Gasteiger partial charge in [-0.25, -0.2) is 0 Å². The van der Waals surface area contributed by atoms with E-state index in [1.54, 1.807) is 25.2 Å². The van der Waals surface area contributed by atoms with E-state index in [0.29, 0.717) is 22.3 Å². The molecule has 0 aliphatic carbocycles. The maximum Gasteiger partial charge on any atom is 0.277 e. The van der Waals surface area contributed by atoms with Gasteiger partial charge in [-0.3, -0.25) is 9.59 Å². The molecule has 132 valence electrons. The molecule has 3 N–H and O–H groups in total. The largest absolute Gasteiger partial charge is 0.332 e. The lowest BCUT2D eigenvalue weighted by atomic mass is 10.3. The number of benzene rings is 1. The Labute approximate surface area is 152 Å². The molecule has 0 spiro atoms. The van der Waals surface area contributed by atoms with Crippen molar-refractivity contribution in [2.24, 2.45) is 0 Å². The van der Waals surface area contributed by atoms with E-state index in [2.05, 4.69) is 12.4 Å². The maximum absolute atomic E-state index is 12.3. The van der Waals surface area contributed by atoms with Crippen LogP contribution in [0.4, 0.5) is 5.69 Å². The van der Waals surface area contributed by atoms with Gasteiger partial charge in [-0.05, 0) is 18.2 Å². The number of hydrogen-bond acceptors (Lipinski definition) is 2. The molecular formula is C16H24Cl2N4O2+2. The Balaban J connectivity index is 1.79. The van der Waals surface area contributed by atoms with Crippen molar-refractivity contribution in [3.05, 3.63) is 28.2 Å². The third kappa shape index (κ3) is 5.63. The number of carbonyl (C=O) groups excluding carboxylic acids is 2. The predicted octanol–water partition coefficient (Wildman–Crippen LogP) is -1.20. The van der Waals surface area contributed by atoms with Crippen LogP contribution in [0.5, 0.6) is 0 Å². The van der Waals surface area contributed by atoms with Gasteiger partial charge >= 0.3 is 0 Å². The summed E-state index contributed by atoms with van der Waals surface area (Å²) in [5.41, 5.74) is 0.558. The van der Waals surface area contributed by atoms with Gasteiger partial charge in [0.2, 0.25) is 5.91 Å². The highest BCUT2D eigenvalue weighted by Gasteiger charge is 2.24. The van der Waals surface area contributed by atoms with Gasteiger partial charge in [0, 0.05) is 12.7 Å². The summed E-state index contributed by atoms with van der Waals surface area (Å²) in [6.45, 7) is 4.57. The molecule has 0 radical (unpaired) electrons. The van der Waals surface area contributed by atoms with Crippen molar-refractivity contribution in [1.29, 1.82) is 0 Å². The summed E-state index contributed by atoms with van der Waals surface area (Å²) in [6.07, 6.45) is 0. The number of likely N-dealkylation sites (N-methyl/N-ethyl adjacent to an activating group) is 2. The molecule has 8 heteroatoms. The number of carbonyl (C=O) groups is 2. The lowest BCUT2D eigenvalue weighted by Crippen LogP contribution is -3.27. The Kier molecular flexibility index (Phi) is 6.86. The molecule has 0 aromatic heterocycles. The molecule has 0 atom stereocenters. The smallest absolute Gasteiger partial charge is 0.277 e. The van der Waals surface area contributed by atoms with Crippen molar-refractivity contribution >= 4 is 40.7 Å². The molecule has 2 rings (SSSR count). The van der Waals surface area contributed by atoms with Crippen LogP contribution in [0.3, 0.4) is 0 Å². The molecule has 1 heterocycles. The highest BCUT2D eigenvalue weighted by atomic mass is 35.5. The van der Waals surface area contributed by atoms with Gasteiger partial charge in [0.25, 0.3) is 5.91 Å². The van der Waals surface area contributed by atoms with Crippen molar-refractivity contribution < 1.29 is 19.4 Å². The van der Waals surface area contributed by atoms with Crippen LogP contribution in [0.2, 0.25) is 10.0 Å². The summed E-state index contributed by atoms with van der Waals surface area (Å²) < 4.78 is 0. The molecule has 2 amide bonds. The lowest BCUT2D eigenvalue weighted by Gasteiger charge is -2.28. The summed E-state index contributed by atoms with van der Waals surface area (Å²) in [4.78, 5) is 28.6. The number of hydrogen-bond donors (Lipinski definition) is 3. The van der Waals surface area contributed by atoms with Crippen LogP contribution < -0.4 is 15.1 Å². The SMILES string of the molecule is CN(CC(=O)Nc1ccc(Cl)c(Cl)c1)C(=O)C[NH+]1CC[NH+](C)CC1. The van der Waals surface area contributed by atoms with Crippen molar-refractivity contribution in [2.45, 2.75) is 0 Å². The summed E-state index contributed by atoms with van der Waals surface area (Å²) in [5.74, 6) is -0.282. The van der Waals surface area contributed by atoms with E-state index in [9.17, 15) is 9.59 Å². The molecule has 24 heavy (non-hydrogen) atoms. The summed E-state index contributed by atoms with van der Waals surface area (Å²) in [6, 6.07) is 4.87. The number of halogens is 2. The van der Waals surface area contributed by atoms with Crippen molar-refractivity contribution in [1.82, 2.24) is 4.90 Å². The average Bonchev–Trinajstić information content (AvgIpc) is 2.53. The van der Waals surface area contributed by atoms with Gasteiger partial charge in [0.15, 0.2) is 6.54 Å². The highest BCUT2D eigenvalue weighted by Crippen LogP contribution is 2.24. The van der Waals surface area contributed by atoms with Gasteiger partial charge in [-0.2, -0.15) is 0 Å². The monoisotopic (exact) mass is 374 g/mol. The van der Waals surface area contributed by atoms with Gasteiger partial charge < -0.3 is 20.0 Å². The first-order valence-electron chi connectivity index (χ1n) is 7.99. The summed E-state index contributed by atoms with van der Waals surface area (Å²) in [7, 11) is 3.82. The van der Waals surface area contributed by atoms with E-state index in [1.807, 2.05) is 0 Å². The van der Waals surface area contributed by atoms with Crippen LogP contribution in [-0.2, 0) is 9.59 Å². The summed E-state index contributed by atoms with van der Waals surface area (Å²) >= 11 is 11.8. The van der Waals surface area contributed by atoms with Crippen LogP contribution in [0.25, 0.3) is 0 Å². The van der Waals surface area contributed by atoms with Crippen LogP contribution in [0.1, 0.15) is 0 Å². The first kappa shape index (κ1) is 19.0. The van der Waals surface area contributed by atoms with Crippen molar-refractivity contribution in [3.8, 4) is 0 Å². The third-order valence-corrected chi connectivity index (χ3v) is 4.96. The number of nitrogens with zero attached hydrogens (tertiary/aromatic N) is 1. The Hall–Kier alpha value is -1.34. The molecular weight excluding hydrogens is 351 g/mol. The number of rotatable bonds is 5. The molecule has 1 saturated heterocycles. The number of quaternary nitrogens is 2.